The first-order valence-corrected chi connectivity index (χ1v) is 11.8. The fraction of sp³-hybridized carbons (Fsp3) is 0.423. The lowest BCUT2D eigenvalue weighted by Crippen LogP contribution is -2.45. The van der Waals surface area contributed by atoms with E-state index in [0.29, 0.717) is 5.75 Å². The third-order valence-corrected chi connectivity index (χ3v) is 6.97. The number of aromatic nitrogens is 3. The Balaban J connectivity index is 1.48. The lowest BCUT2D eigenvalue weighted by molar-refractivity contribution is 0.164. The molecule has 5 rings (SSSR count). The fourth-order valence-electron chi connectivity index (χ4n) is 4.64. The average molecular weight is 476 g/mol. The van der Waals surface area contributed by atoms with Gasteiger partial charge in [-0.3, -0.25) is 5.73 Å². The first-order valence-electron chi connectivity index (χ1n) is 11.8. The number of ether oxygens (including phenoxy) is 2. The second-order valence-corrected chi connectivity index (χ2v) is 9.89. The molecule has 0 radical (unpaired) electrons. The molecule has 2 aromatic heterocycles. The van der Waals surface area contributed by atoms with Gasteiger partial charge in [0, 0.05) is 60.5 Å². The number of rotatable bonds is 6. The molecular formula is C26H33N7O2. The second-order valence-electron chi connectivity index (χ2n) is 9.89. The summed E-state index contributed by atoms with van der Waals surface area (Å²) < 4.78 is 13.4. The molecule has 2 aliphatic rings. The van der Waals surface area contributed by atoms with Crippen molar-refractivity contribution in [3.8, 4) is 17.1 Å². The number of anilines is 2. The quantitative estimate of drug-likeness (QED) is 0.500. The van der Waals surface area contributed by atoms with Crippen LogP contribution in [0.5, 0.6) is 5.75 Å². The van der Waals surface area contributed by atoms with Crippen molar-refractivity contribution in [2.24, 2.45) is 23.2 Å². The van der Waals surface area contributed by atoms with Gasteiger partial charge < -0.3 is 24.7 Å². The Labute approximate surface area is 205 Å². The van der Waals surface area contributed by atoms with Crippen LogP contribution >= 0.6 is 0 Å². The Bertz CT molecular complexity index is 1290. The third-order valence-electron chi connectivity index (χ3n) is 6.97. The Morgan fingerprint density at radius 2 is 2.11 bits per heavy atom. The van der Waals surface area contributed by atoms with Gasteiger partial charge in [-0.2, -0.15) is 0 Å². The van der Waals surface area contributed by atoms with Crippen LogP contribution in [0, 0.1) is 19.3 Å². The van der Waals surface area contributed by atoms with Crippen LogP contribution in [0.4, 0.5) is 11.5 Å². The molecule has 0 spiro atoms. The molecule has 184 valence electrons. The summed E-state index contributed by atoms with van der Waals surface area (Å²) in [6.45, 7) is 8.52. The minimum Gasteiger partial charge on any atom is -0.496 e. The van der Waals surface area contributed by atoms with E-state index in [1.54, 1.807) is 7.11 Å². The van der Waals surface area contributed by atoms with E-state index in [1.165, 1.54) is 0 Å². The predicted molar refractivity (Wildman–Crippen MR) is 138 cm³/mol. The predicted octanol–water partition coefficient (Wildman–Crippen LogP) is 3.56. The number of aryl methyl sites for hydroxylation is 2. The van der Waals surface area contributed by atoms with Crippen LogP contribution < -0.4 is 21.1 Å². The van der Waals surface area contributed by atoms with Crippen LogP contribution in [0.25, 0.3) is 11.4 Å². The van der Waals surface area contributed by atoms with Crippen molar-refractivity contribution in [3.63, 3.8) is 0 Å². The van der Waals surface area contributed by atoms with Crippen molar-refractivity contribution in [2.75, 3.05) is 37.5 Å². The van der Waals surface area contributed by atoms with Crippen LogP contribution in [0.1, 0.15) is 35.9 Å². The van der Waals surface area contributed by atoms with E-state index in [9.17, 15) is 0 Å². The zero-order valence-corrected chi connectivity index (χ0v) is 21.0. The maximum absolute atomic E-state index is 6.86. The Hall–Kier alpha value is -3.43. The highest BCUT2D eigenvalue weighted by Crippen LogP contribution is 2.39. The van der Waals surface area contributed by atoms with Gasteiger partial charge in [0.2, 0.25) is 5.79 Å². The zero-order valence-electron chi connectivity index (χ0n) is 21.0. The van der Waals surface area contributed by atoms with Gasteiger partial charge in [0.1, 0.15) is 11.6 Å². The van der Waals surface area contributed by atoms with Gasteiger partial charge in [-0.15, -0.1) is 0 Å². The molecule has 9 nitrogen and oxygen atoms in total. The smallest absolute Gasteiger partial charge is 0.212 e. The number of hydrogen-bond donors (Lipinski definition) is 3. The number of hydrogen-bond acceptors (Lipinski definition) is 8. The number of benzene rings is 1. The van der Waals surface area contributed by atoms with E-state index >= 15 is 0 Å². The molecule has 1 aromatic carbocycles. The van der Waals surface area contributed by atoms with Crippen molar-refractivity contribution >= 4 is 17.7 Å². The molecule has 3 aromatic rings. The standard InChI is InChI=1S/C26H33N7O2/c1-16-10-19-13-30-26(27,32-22(19)23(31-16)29-14-25(3)8-9-35-15-25)20-7-6-18(11-21(20)34-5)24-28-12-17(2)33(24)4/h6-7,10-13,32H,8-9,14-15,27H2,1-5H3,(H,29,31). The summed E-state index contributed by atoms with van der Waals surface area (Å²) in [6, 6.07) is 7.89. The topological polar surface area (TPSA) is 112 Å². The van der Waals surface area contributed by atoms with Crippen molar-refractivity contribution in [2.45, 2.75) is 33.0 Å². The molecule has 2 atom stereocenters. The lowest BCUT2D eigenvalue weighted by atomic mass is 9.90. The molecule has 1 saturated heterocycles. The molecule has 4 heterocycles. The summed E-state index contributed by atoms with van der Waals surface area (Å²) in [5, 5.41) is 6.99. The van der Waals surface area contributed by atoms with E-state index in [0.717, 1.165) is 71.6 Å². The normalized spacial score (nSPS) is 23.1. The molecule has 2 aliphatic heterocycles. The first kappa shape index (κ1) is 23.3. The molecule has 4 N–H and O–H groups in total. The van der Waals surface area contributed by atoms with Crippen molar-refractivity contribution < 1.29 is 9.47 Å². The summed E-state index contributed by atoms with van der Waals surface area (Å²) in [7, 11) is 3.63. The number of nitrogens with two attached hydrogens (primary N) is 1. The van der Waals surface area contributed by atoms with Crippen molar-refractivity contribution in [1.29, 1.82) is 0 Å². The molecular weight excluding hydrogens is 442 g/mol. The lowest BCUT2D eigenvalue weighted by Gasteiger charge is -2.34. The Morgan fingerprint density at radius 3 is 2.80 bits per heavy atom. The minimum atomic E-state index is -1.22. The molecule has 2 unspecified atom stereocenters. The number of nitrogens with zero attached hydrogens (tertiary/aromatic N) is 4. The summed E-state index contributed by atoms with van der Waals surface area (Å²) >= 11 is 0. The Kier molecular flexibility index (Phi) is 5.77. The summed E-state index contributed by atoms with van der Waals surface area (Å²) in [5.74, 6) is 1.03. The SMILES string of the molecule is COc1cc(-c2ncc(C)n2C)ccc1C1(N)N=Cc2cc(C)nc(NCC3(C)CCOC3)c2N1. The number of fused-ring (bicyclic) bond motifs is 1. The second kappa shape index (κ2) is 8.66. The number of aliphatic imine (C=N–C) groups is 1. The van der Waals surface area contributed by atoms with Crippen LogP contribution in [-0.2, 0) is 17.6 Å². The highest BCUT2D eigenvalue weighted by atomic mass is 16.5. The number of nitrogens with one attached hydrogen (secondary N) is 2. The molecule has 9 heteroatoms. The number of methoxy groups -OCH3 is 1. The van der Waals surface area contributed by atoms with Gasteiger partial charge in [0.25, 0.3) is 0 Å². The molecule has 1 fully saturated rings. The van der Waals surface area contributed by atoms with E-state index in [4.69, 9.17) is 25.2 Å². The van der Waals surface area contributed by atoms with E-state index < -0.39 is 5.79 Å². The molecule has 0 bridgehead atoms. The van der Waals surface area contributed by atoms with Crippen LogP contribution in [-0.4, -0.2) is 47.6 Å². The maximum atomic E-state index is 6.86. The van der Waals surface area contributed by atoms with Crippen molar-refractivity contribution in [3.05, 3.63) is 53.0 Å². The van der Waals surface area contributed by atoms with Gasteiger partial charge in [-0.25, -0.2) is 15.0 Å². The monoisotopic (exact) mass is 475 g/mol. The average Bonchev–Trinajstić information content (AvgIpc) is 3.43. The summed E-state index contributed by atoms with van der Waals surface area (Å²) in [4.78, 5) is 14.0. The van der Waals surface area contributed by atoms with E-state index in [1.807, 2.05) is 62.1 Å². The van der Waals surface area contributed by atoms with Crippen LogP contribution in [0.3, 0.4) is 0 Å². The Morgan fingerprint density at radius 1 is 1.29 bits per heavy atom. The van der Waals surface area contributed by atoms with Gasteiger partial charge in [0.05, 0.1) is 25.0 Å². The van der Waals surface area contributed by atoms with Crippen molar-refractivity contribution in [1.82, 2.24) is 14.5 Å². The van der Waals surface area contributed by atoms with Gasteiger partial charge in [-0.05, 0) is 38.5 Å². The first-order chi connectivity index (χ1) is 16.7. The van der Waals surface area contributed by atoms with Crippen LogP contribution in [0.15, 0.2) is 35.5 Å². The van der Waals surface area contributed by atoms with E-state index in [2.05, 4.69) is 22.5 Å². The third kappa shape index (κ3) is 4.26. The minimum absolute atomic E-state index is 0.0727. The summed E-state index contributed by atoms with van der Waals surface area (Å²) in [6.07, 6.45) is 4.68. The number of imidazole rings is 1. The molecule has 0 aliphatic carbocycles. The summed E-state index contributed by atoms with van der Waals surface area (Å²) in [5.41, 5.74) is 12.3. The maximum Gasteiger partial charge on any atom is 0.212 e. The highest BCUT2D eigenvalue weighted by Gasteiger charge is 2.35. The van der Waals surface area contributed by atoms with E-state index in [-0.39, 0.29) is 5.41 Å². The molecule has 0 amide bonds. The number of pyridine rings is 1. The van der Waals surface area contributed by atoms with Gasteiger partial charge >= 0.3 is 0 Å². The fourth-order valence-corrected chi connectivity index (χ4v) is 4.64. The zero-order chi connectivity index (χ0) is 24.8. The van der Waals surface area contributed by atoms with Crippen LogP contribution in [0.2, 0.25) is 0 Å². The molecule has 35 heavy (non-hydrogen) atoms. The largest absolute Gasteiger partial charge is 0.496 e. The van der Waals surface area contributed by atoms with Gasteiger partial charge in [0.15, 0.2) is 5.82 Å². The molecule has 0 saturated carbocycles. The highest BCUT2D eigenvalue weighted by molar-refractivity contribution is 5.94. The van der Waals surface area contributed by atoms with Gasteiger partial charge in [-0.1, -0.05) is 13.0 Å².